The van der Waals surface area contributed by atoms with Gasteiger partial charge in [0.15, 0.2) is 0 Å². The van der Waals surface area contributed by atoms with Gasteiger partial charge in [-0.3, -0.25) is 0 Å². The number of aromatic nitrogens is 2. The first-order valence-electron chi connectivity index (χ1n) is 4.38. The Hall–Kier alpha value is 0.510. The highest BCUT2D eigenvalue weighted by Gasteiger charge is 2.04. The van der Waals surface area contributed by atoms with Gasteiger partial charge in [0.05, 0.1) is 9.45 Å². The Morgan fingerprint density at radius 1 is 1.29 bits per heavy atom. The zero-order valence-corrected chi connectivity index (χ0v) is 12.2. The van der Waals surface area contributed by atoms with E-state index >= 15 is 0 Å². The molecule has 0 fully saturated rings. The molecule has 0 aromatic carbocycles. The van der Waals surface area contributed by atoms with Crippen LogP contribution in [-0.2, 0) is 0 Å². The van der Waals surface area contributed by atoms with Crippen LogP contribution in [0.5, 0.6) is 0 Å². The quantitative estimate of drug-likeness (QED) is 0.472. The minimum absolute atomic E-state index is 0.557. The fourth-order valence-corrected chi connectivity index (χ4v) is 3.27. The first-order valence-corrected chi connectivity index (χ1v) is 7.38. The van der Waals surface area contributed by atoms with Crippen molar-refractivity contribution in [2.24, 2.45) is 0 Å². The van der Waals surface area contributed by atoms with E-state index in [1.165, 1.54) is 4.90 Å². The molecule has 1 unspecified atom stereocenters. The summed E-state index contributed by atoms with van der Waals surface area (Å²) in [5.41, 5.74) is 0. The van der Waals surface area contributed by atoms with Gasteiger partial charge >= 0.3 is 0 Å². The minimum atomic E-state index is 0.557. The van der Waals surface area contributed by atoms with Crippen LogP contribution < -0.4 is 0 Å². The zero-order valence-electron chi connectivity index (χ0n) is 8.40. The van der Waals surface area contributed by atoms with E-state index in [0.717, 1.165) is 5.03 Å². The molecule has 0 aliphatic heterocycles. The summed E-state index contributed by atoms with van der Waals surface area (Å²) in [5, 5.41) is 9.65. The van der Waals surface area contributed by atoms with Gasteiger partial charge in [-0.15, -0.1) is 28.6 Å². The van der Waals surface area contributed by atoms with E-state index in [4.69, 9.17) is 0 Å². The van der Waals surface area contributed by atoms with Gasteiger partial charge in [0.25, 0.3) is 0 Å². The maximum atomic E-state index is 4.08. The normalized spacial score (nSPS) is 13.2. The molecule has 1 heterocycles. The van der Waals surface area contributed by atoms with E-state index < -0.39 is 0 Å². The molecule has 0 aliphatic rings. The molecule has 0 aliphatic carbocycles. The third kappa shape index (κ3) is 4.84. The summed E-state index contributed by atoms with van der Waals surface area (Å²) in [5.74, 6) is 0. The first kappa shape index (κ1) is 12.6. The highest BCUT2D eigenvalue weighted by molar-refractivity contribution is 14.1. The summed E-state index contributed by atoms with van der Waals surface area (Å²) in [7, 11) is 0. The molecule has 2 nitrogen and oxygen atoms in total. The number of hydrogen-bond donors (Lipinski definition) is 0. The average Bonchev–Trinajstić information content (AvgIpc) is 2.01. The van der Waals surface area contributed by atoms with Crippen LogP contribution >= 0.6 is 46.1 Å². The number of halogens is 1. The van der Waals surface area contributed by atoms with Crippen molar-refractivity contribution < 1.29 is 0 Å². The van der Waals surface area contributed by atoms with Gasteiger partial charge in [-0.25, -0.2) is 0 Å². The molecule has 0 N–H and O–H groups in total. The number of hydrogen-bond acceptors (Lipinski definition) is 4. The van der Waals surface area contributed by atoms with E-state index in [1.807, 2.05) is 18.0 Å². The molecule has 0 saturated heterocycles. The molecule has 0 bridgehead atoms. The standard InChI is InChI=1S/C9H13IN2S2/c1-6(2)13-9-4-8(5-11-12-9)14-7(3)10/h4-7H,1-3H3. The van der Waals surface area contributed by atoms with Gasteiger partial charge in [-0.2, -0.15) is 5.10 Å². The minimum Gasteiger partial charge on any atom is -0.157 e. The maximum Gasteiger partial charge on any atom is 0.120 e. The number of nitrogens with zero attached hydrogens (tertiary/aromatic N) is 2. The molecule has 0 saturated carbocycles. The third-order valence-corrected chi connectivity index (χ3v) is 3.76. The molecular formula is C9H13IN2S2. The topological polar surface area (TPSA) is 25.8 Å². The highest BCUT2D eigenvalue weighted by Crippen LogP contribution is 2.29. The van der Waals surface area contributed by atoms with Gasteiger partial charge in [0.2, 0.25) is 0 Å². The van der Waals surface area contributed by atoms with E-state index in [0.29, 0.717) is 8.51 Å². The van der Waals surface area contributed by atoms with Crippen LogP contribution in [0, 0.1) is 0 Å². The molecule has 1 aromatic rings. The lowest BCUT2D eigenvalue weighted by Crippen LogP contribution is -1.92. The number of thioether (sulfide) groups is 2. The molecule has 1 aromatic heterocycles. The Morgan fingerprint density at radius 2 is 2.00 bits per heavy atom. The SMILES string of the molecule is CC(C)Sc1cc(SC(C)I)cnn1. The van der Waals surface area contributed by atoms with Crippen molar-refractivity contribution in [3.8, 4) is 0 Å². The largest absolute Gasteiger partial charge is 0.157 e. The summed E-state index contributed by atoms with van der Waals surface area (Å²) < 4.78 is 0.564. The van der Waals surface area contributed by atoms with Crippen LogP contribution in [0.2, 0.25) is 0 Å². The van der Waals surface area contributed by atoms with Crippen molar-refractivity contribution >= 4 is 46.1 Å². The fourth-order valence-electron chi connectivity index (χ4n) is 0.882. The van der Waals surface area contributed by atoms with Crippen LogP contribution in [0.1, 0.15) is 20.8 Å². The average molecular weight is 340 g/mol. The second kappa shape index (κ2) is 6.17. The second-order valence-electron chi connectivity index (χ2n) is 3.06. The first-order chi connectivity index (χ1) is 6.58. The molecule has 0 spiro atoms. The molecule has 5 heteroatoms. The summed E-state index contributed by atoms with van der Waals surface area (Å²) in [6.07, 6.45) is 1.82. The fraction of sp³-hybridized carbons (Fsp3) is 0.556. The van der Waals surface area contributed by atoms with Gasteiger partial charge in [0.1, 0.15) is 5.03 Å². The van der Waals surface area contributed by atoms with Crippen LogP contribution in [0.25, 0.3) is 0 Å². The Kier molecular flexibility index (Phi) is 5.54. The zero-order chi connectivity index (χ0) is 10.6. The van der Waals surface area contributed by atoms with E-state index in [1.54, 1.807) is 11.8 Å². The highest BCUT2D eigenvalue weighted by atomic mass is 127. The molecule has 78 valence electrons. The molecule has 0 amide bonds. The van der Waals surface area contributed by atoms with Crippen molar-refractivity contribution in [2.75, 3.05) is 0 Å². The van der Waals surface area contributed by atoms with E-state index in [2.05, 4.69) is 59.6 Å². The van der Waals surface area contributed by atoms with E-state index in [-0.39, 0.29) is 0 Å². The van der Waals surface area contributed by atoms with E-state index in [9.17, 15) is 0 Å². The summed E-state index contributed by atoms with van der Waals surface area (Å²) in [4.78, 5) is 1.20. The van der Waals surface area contributed by atoms with Crippen LogP contribution in [0.3, 0.4) is 0 Å². The van der Waals surface area contributed by atoms with Crippen LogP contribution in [0.15, 0.2) is 22.2 Å². The van der Waals surface area contributed by atoms with Gasteiger partial charge in [-0.05, 0) is 13.0 Å². The Morgan fingerprint density at radius 3 is 2.57 bits per heavy atom. The lowest BCUT2D eigenvalue weighted by molar-refractivity contribution is 0.894. The Labute approximate surface area is 107 Å². The maximum absolute atomic E-state index is 4.08. The molecule has 14 heavy (non-hydrogen) atoms. The van der Waals surface area contributed by atoms with Crippen LogP contribution in [-0.4, -0.2) is 18.7 Å². The van der Waals surface area contributed by atoms with Crippen molar-refractivity contribution in [2.45, 2.75) is 39.2 Å². The Bertz CT molecular complexity index is 267. The predicted octanol–water partition coefficient (Wildman–Crippen LogP) is 3.85. The molecule has 1 rings (SSSR count). The van der Waals surface area contributed by atoms with Crippen molar-refractivity contribution in [1.29, 1.82) is 0 Å². The van der Waals surface area contributed by atoms with Crippen molar-refractivity contribution in [1.82, 2.24) is 10.2 Å². The molecule has 1 atom stereocenters. The monoisotopic (exact) mass is 340 g/mol. The lowest BCUT2D eigenvalue weighted by atomic mass is 10.6. The summed E-state index contributed by atoms with van der Waals surface area (Å²) in [6.45, 7) is 6.49. The van der Waals surface area contributed by atoms with Gasteiger partial charge < -0.3 is 0 Å². The van der Waals surface area contributed by atoms with Crippen LogP contribution in [0.4, 0.5) is 0 Å². The smallest absolute Gasteiger partial charge is 0.120 e. The molecule has 0 radical (unpaired) electrons. The third-order valence-electron chi connectivity index (χ3n) is 1.26. The van der Waals surface area contributed by atoms with Crippen molar-refractivity contribution in [3.05, 3.63) is 12.3 Å². The summed E-state index contributed by atoms with van der Waals surface area (Å²) in [6, 6.07) is 2.11. The van der Waals surface area contributed by atoms with Gasteiger partial charge in [0, 0.05) is 10.1 Å². The Balaban J connectivity index is 2.68. The predicted molar refractivity (Wildman–Crippen MR) is 72.4 cm³/mol. The lowest BCUT2D eigenvalue weighted by Gasteiger charge is -2.05. The number of alkyl halides is 1. The second-order valence-corrected chi connectivity index (χ2v) is 8.78. The summed E-state index contributed by atoms with van der Waals surface area (Å²) >= 11 is 5.95. The number of rotatable bonds is 4. The molecular weight excluding hydrogens is 327 g/mol. The van der Waals surface area contributed by atoms with Crippen molar-refractivity contribution in [3.63, 3.8) is 0 Å². The van der Waals surface area contributed by atoms with Gasteiger partial charge in [-0.1, -0.05) is 36.4 Å².